The summed E-state index contributed by atoms with van der Waals surface area (Å²) in [4.78, 5) is 0. The van der Waals surface area contributed by atoms with Crippen LogP contribution in [0.15, 0.2) is 16.8 Å². The second-order valence-electron chi connectivity index (χ2n) is 21.9. The van der Waals surface area contributed by atoms with Gasteiger partial charge in [0.2, 0.25) is 0 Å². The molecular weight excluding hydrogens is 927 g/mol. The highest BCUT2D eigenvalue weighted by Crippen LogP contribution is 2.49. The van der Waals surface area contributed by atoms with Crippen molar-refractivity contribution in [2.45, 2.75) is 186 Å². The van der Waals surface area contributed by atoms with Crippen LogP contribution in [-0.4, -0.2) is 0 Å². The lowest BCUT2D eigenvalue weighted by Gasteiger charge is -2.24. The van der Waals surface area contributed by atoms with Gasteiger partial charge in [0.15, 0.2) is 0 Å². The number of hydrogen-bond acceptors (Lipinski definition) is 6. The first-order chi connectivity index (χ1) is 33.6. The van der Waals surface area contributed by atoms with Crippen LogP contribution in [0.25, 0.3) is 43.9 Å². The minimum absolute atomic E-state index is 0.183. The predicted octanol–water partition coefficient (Wildman–Crippen LogP) is 20.4. The lowest BCUT2D eigenvalue weighted by Crippen LogP contribution is -2.12. The first-order valence-electron chi connectivity index (χ1n) is 25.9. The van der Waals surface area contributed by atoms with Gasteiger partial charge in [0.1, 0.15) is 33.8 Å². The summed E-state index contributed by atoms with van der Waals surface area (Å²) >= 11 is 0. The summed E-state index contributed by atoms with van der Waals surface area (Å²) in [5.41, 5.74) is 34.9. The van der Waals surface area contributed by atoms with Gasteiger partial charge in [0.25, 0.3) is 0 Å². The molecule has 0 radical (unpaired) electrons. The Morgan fingerprint density at radius 1 is 0.264 bits per heavy atom. The Bertz CT molecular complexity index is 3340. The molecule has 382 valence electrons. The van der Waals surface area contributed by atoms with Gasteiger partial charge in [0, 0.05) is 21.5 Å². The highest BCUT2D eigenvalue weighted by molar-refractivity contribution is 7.32. The van der Waals surface area contributed by atoms with E-state index in [4.69, 9.17) is 25.8 Å². The second kappa shape index (κ2) is 19.2. The molecule has 8 rings (SSSR count). The quantitative estimate of drug-likeness (QED) is 0.151. The molecule has 0 spiro atoms. The van der Waals surface area contributed by atoms with E-state index >= 15 is 0 Å². The Hall–Kier alpha value is -5.28. The van der Waals surface area contributed by atoms with E-state index in [0.29, 0.717) is 0 Å². The van der Waals surface area contributed by atoms with Crippen molar-refractivity contribution in [3.63, 3.8) is 0 Å². The van der Waals surface area contributed by atoms with Crippen molar-refractivity contribution in [3.05, 3.63) is 145 Å². The van der Waals surface area contributed by atoms with Gasteiger partial charge in [0.05, 0.1) is 0 Å². The summed E-state index contributed by atoms with van der Waals surface area (Å²) in [5.74, 6) is 1.89. The number of rotatable bonds is 8. The molecule has 72 heavy (non-hydrogen) atoms. The molecule has 0 amide bonds. The van der Waals surface area contributed by atoms with Crippen LogP contribution in [0.1, 0.15) is 152 Å². The molecule has 0 bridgehead atoms. The van der Waals surface area contributed by atoms with Crippen molar-refractivity contribution in [2.24, 2.45) is 5.92 Å². The van der Waals surface area contributed by atoms with E-state index in [1.54, 1.807) is 0 Å². The summed E-state index contributed by atoms with van der Waals surface area (Å²) < 4.78 is 43.1. The third-order valence-corrected chi connectivity index (χ3v) is 20.6. The molecule has 0 atom stereocenters. The molecule has 2 heterocycles. The zero-order chi connectivity index (χ0) is 53.2. The fourth-order valence-corrected chi connectivity index (χ4v) is 14.1. The summed E-state index contributed by atoms with van der Waals surface area (Å²) in [6.07, 6.45) is 1.54. The normalized spacial score (nSPS) is 11.9. The lowest BCUT2D eigenvalue weighted by molar-refractivity contribution is 0.475. The first kappa shape index (κ1) is 53.0. The molecule has 6 aromatic carbocycles. The molecule has 0 saturated heterocycles. The molecule has 0 saturated carbocycles. The summed E-state index contributed by atoms with van der Waals surface area (Å²) in [6.45, 7) is 55.4. The van der Waals surface area contributed by atoms with Gasteiger partial charge in [-0.3, -0.25) is 0 Å². The molecule has 0 aliphatic rings. The third kappa shape index (κ3) is 8.23. The Labute approximate surface area is 432 Å². The molecule has 8 heteroatoms. The average molecular weight is 1010 g/mol. The van der Waals surface area contributed by atoms with Crippen molar-refractivity contribution in [1.82, 2.24) is 0 Å². The molecule has 0 aliphatic heterocycles. The van der Waals surface area contributed by atoms with E-state index in [-0.39, 0.29) is 5.92 Å². The SMILES string of the molecule is Cc1c(C)c(C)c(Op2oc3c(C)c(C)c(C)c(C)c3c3c(C)c(C)c(C)c(C)c3o2)c(CC(C)Cc2c(C)c(C)c(C)c(C)c2Op2oc3c(C)c(C)c(C)c(C)c3c3c(C)c(C)c(C)c(C)c3o2)c1C. The minimum Gasteiger partial charge on any atom is -0.390 e. The fourth-order valence-electron chi connectivity index (χ4n) is 11.6. The number of benzene rings is 6. The van der Waals surface area contributed by atoms with Crippen molar-refractivity contribution >= 4 is 60.4 Å². The monoisotopic (exact) mass is 1010 g/mol. The van der Waals surface area contributed by atoms with E-state index in [1.807, 2.05) is 0 Å². The molecule has 0 aliphatic carbocycles. The Balaban J connectivity index is 1.30. The van der Waals surface area contributed by atoms with Crippen LogP contribution >= 0.6 is 16.5 Å². The number of fused-ring (bicyclic) bond motifs is 6. The van der Waals surface area contributed by atoms with E-state index in [2.05, 4.69) is 173 Å². The average Bonchev–Trinajstić information content (AvgIpc) is 3.64. The topological polar surface area (TPSA) is 71.0 Å². The number of hydrogen-bond donors (Lipinski definition) is 0. The van der Waals surface area contributed by atoms with Crippen molar-refractivity contribution < 1.29 is 25.8 Å². The predicted molar refractivity (Wildman–Crippen MR) is 308 cm³/mol. The van der Waals surface area contributed by atoms with Crippen molar-refractivity contribution in [3.8, 4) is 11.5 Å². The Morgan fingerprint density at radius 2 is 0.458 bits per heavy atom. The second-order valence-corrected chi connectivity index (χ2v) is 23.9. The highest BCUT2D eigenvalue weighted by atomic mass is 31.1. The van der Waals surface area contributed by atoms with Gasteiger partial charge in [-0.25, -0.2) is 0 Å². The largest absolute Gasteiger partial charge is 0.453 e. The molecule has 8 aromatic rings. The molecule has 2 aromatic heterocycles. The van der Waals surface area contributed by atoms with Crippen LogP contribution in [0.3, 0.4) is 0 Å². The smallest absolute Gasteiger partial charge is 0.390 e. The lowest BCUT2D eigenvalue weighted by atomic mass is 9.84. The van der Waals surface area contributed by atoms with E-state index in [0.717, 1.165) is 102 Å². The third-order valence-electron chi connectivity index (χ3n) is 18.6. The van der Waals surface area contributed by atoms with E-state index in [1.165, 1.54) is 111 Å². The van der Waals surface area contributed by atoms with Crippen LogP contribution in [-0.2, 0) is 12.8 Å². The van der Waals surface area contributed by atoms with Crippen LogP contribution in [0.2, 0.25) is 0 Å². The zero-order valence-electron chi connectivity index (χ0n) is 48.3. The Morgan fingerprint density at radius 3 is 0.694 bits per heavy atom. The van der Waals surface area contributed by atoms with E-state index < -0.39 is 16.5 Å². The van der Waals surface area contributed by atoms with E-state index in [9.17, 15) is 0 Å². The highest BCUT2D eigenvalue weighted by Gasteiger charge is 2.28. The van der Waals surface area contributed by atoms with Gasteiger partial charge in [-0.15, -0.1) is 0 Å². The van der Waals surface area contributed by atoms with Gasteiger partial charge >= 0.3 is 16.5 Å². The fraction of sp³-hybridized carbons (Fsp3) is 0.438. The summed E-state index contributed by atoms with van der Waals surface area (Å²) in [5, 5.41) is 4.45. The summed E-state index contributed by atoms with van der Waals surface area (Å²) in [7, 11) is -3.85. The minimum atomic E-state index is -1.92. The zero-order valence-corrected chi connectivity index (χ0v) is 50.1. The summed E-state index contributed by atoms with van der Waals surface area (Å²) in [6, 6.07) is 0. The van der Waals surface area contributed by atoms with Gasteiger partial charge in [-0.1, -0.05) is 6.92 Å². The van der Waals surface area contributed by atoms with Gasteiger partial charge < -0.3 is 25.8 Å². The number of aryl methyl sites for hydroxylation is 8. The van der Waals surface area contributed by atoms with Gasteiger partial charge in [-0.05, 0) is 330 Å². The van der Waals surface area contributed by atoms with Crippen LogP contribution < -0.4 is 9.05 Å². The van der Waals surface area contributed by atoms with Crippen LogP contribution in [0, 0.1) is 172 Å². The molecule has 0 unspecified atom stereocenters. The maximum atomic E-state index is 7.31. The maximum Gasteiger partial charge on any atom is 0.453 e. The molecule has 0 N–H and O–H groups in total. The van der Waals surface area contributed by atoms with Crippen molar-refractivity contribution in [2.75, 3.05) is 0 Å². The maximum absolute atomic E-state index is 7.31. The van der Waals surface area contributed by atoms with Gasteiger partial charge in [-0.2, -0.15) is 0 Å². The first-order valence-corrected chi connectivity index (χ1v) is 28.1. The molecule has 0 fully saturated rings. The Kier molecular flexibility index (Phi) is 14.1. The van der Waals surface area contributed by atoms with Crippen LogP contribution in [0.4, 0.5) is 0 Å². The van der Waals surface area contributed by atoms with Crippen LogP contribution in [0.5, 0.6) is 11.5 Å². The molecular formula is C64H80O6P2. The standard InChI is InChI=1S/C64H80O6P2/c1-28(26-53-41(14)29(2)35(8)47(20)59(53)65-71-67-61-49(22)37(10)31(4)43(16)55(61)56-44(17)32(5)38(11)50(23)62(56)68-71)27-54-42(15)30(3)36(9)48(21)60(54)66-72-69-63-51(24)39(12)33(6)45(18)57(63)58-46(19)34(7)40(13)52(25)64(58)70-72/h28H,26-27H2,1-25H3. The molecule has 6 nitrogen and oxygen atoms in total. The van der Waals surface area contributed by atoms with Crippen molar-refractivity contribution in [1.29, 1.82) is 0 Å².